The molecule has 2 aromatic carbocycles. The SMILES string of the molecule is COc1cccc(CNCC(O)CNC(=O)C(CCS(=O)(=O)CCC(C)C)Oc2ccccc2)c1. The van der Waals surface area contributed by atoms with Crippen LogP contribution in [0.3, 0.4) is 0 Å². The molecule has 0 bridgehead atoms. The molecule has 0 aromatic heterocycles. The predicted octanol–water partition coefficient (Wildman–Crippen LogP) is 2.56. The normalized spacial score (nSPS) is 13.3. The lowest BCUT2D eigenvalue weighted by Gasteiger charge is -2.20. The second-order valence-corrected chi connectivity index (χ2v) is 11.2. The predicted molar refractivity (Wildman–Crippen MR) is 137 cm³/mol. The minimum Gasteiger partial charge on any atom is -0.497 e. The van der Waals surface area contributed by atoms with Crippen LogP contribution in [0.15, 0.2) is 54.6 Å². The molecule has 3 N–H and O–H groups in total. The smallest absolute Gasteiger partial charge is 0.261 e. The largest absolute Gasteiger partial charge is 0.497 e. The Bertz CT molecular complexity index is 998. The van der Waals surface area contributed by atoms with Crippen LogP contribution in [0.25, 0.3) is 0 Å². The van der Waals surface area contributed by atoms with E-state index in [0.29, 0.717) is 18.7 Å². The molecule has 0 heterocycles. The minimum absolute atomic E-state index is 0.0126. The highest BCUT2D eigenvalue weighted by Gasteiger charge is 2.24. The van der Waals surface area contributed by atoms with E-state index in [4.69, 9.17) is 9.47 Å². The first-order valence-electron chi connectivity index (χ1n) is 11.9. The molecule has 8 nitrogen and oxygen atoms in total. The molecule has 1 amide bonds. The second kappa shape index (κ2) is 14.7. The first-order valence-corrected chi connectivity index (χ1v) is 13.7. The summed E-state index contributed by atoms with van der Waals surface area (Å²) in [5.74, 6) is 1.00. The molecule has 2 atom stereocenters. The maximum atomic E-state index is 12.8. The highest BCUT2D eigenvalue weighted by Crippen LogP contribution is 2.15. The van der Waals surface area contributed by atoms with Gasteiger partial charge in [-0.1, -0.05) is 44.2 Å². The van der Waals surface area contributed by atoms with E-state index in [1.54, 1.807) is 31.4 Å². The molecule has 0 saturated heterocycles. The number of rotatable bonds is 16. The summed E-state index contributed by atoms with van der Waals surface area (Å²) in [6, 6.07) is 16.4. The van der Waals surface area contributed by atoms with Gasteiger partial charge in [-0.15, -0.1) is 0 Å². The molecule has 0 aliphatic carbocycles. The number of carbonyl (C=O) groups is 1. The van der Waals surface area contributed by atoms with Gasteiger partial charge in [0.25, 0.3) is 5.91 Å². The van der Waals surface area contributed by atoms with Gasteiger partial charge in [0.2, 0.25) is 0 Å². The van der Waals surface area contributed by atoms with E-state index >= 15 is 0 Å². The lowest BCUT2D eigenvalue weighted by atomic mass is 10.2. The summed E-state index contributed by atoms with van der Waals surface area (Å²) in [6.45, 7) is 4.77. The number of aliphatic hydroxyl groups is 1. The zero-order valence-corrected chi connectivity index (χ0v) is 21.6. The first kappa shape index (κ1) is 28.6. The van der Waals surface area contributed by atoms with Gasteiger partial charge in [0.05, 0.1) is 24.7 Å². The highest BCUT2D eigenvalue weighted by molar-refractivity contribution is 7.91. The average molecular weight is 507 g/mol. The van der Waals surface area contributed by atoms with Crippen molar-refractivity contribution in [3.05, 3.63) is 60.2 Å². The van der Waals surface area contributed by atoms with E-state index < -0.39 is 28.0 Å². The number of benzene rings is 2. The van der Waals surface area contributed by atoms with Gasteiger partial charge in [-0.3, -0.25) is 4.79 Å². The number of hydrogen-bond donors (Lipinski definition) is 3. The monoisotopic (exact) mass is 506 g/mol. The van der Waals surface area contributed by atoms with Crippen LogP contribution >= 0.6 is 0 Å². The fourth-order valence-corrected chi connectivity index (χ4v) is 4.89. The average Bonchev–Trinajstić information content (AvgIpc) is 2.84. The minimum atomic E-state index is -3.30. The number of carbonyl (C=O) groups excluding carboxylic acids is 1. The van der Waals surface area contributed by atoms with E-state index in [9.17, 15) is 18.3 Å². The topological polar surface area (TPSA) is 114 Å². The molecular weight excluding hydrogens is 468 g/mol. The third-order valence-corrected chi connectivity index (χ3v) is 7.08. The van der Waals surface area contributed by atoms with Crippen molar-refractivity contribution >= 4 is 15.7 Å². The molecule has 0 saturated carbocycles. The number of ether oxygens (including phenoxy) is 2. The molecule has 194 valence electrons. The maximum Gasteiger partial charge on any atom is 0.261 e. The Kier molecular flexibility index (Phi) is 12.0. The first-order chi connectivity index (χ1) is 16.7. The summed E-state index contributed by atoms with van der Waals surface area (Å²) in [6.07, 6.45) is -1.20. The van der Waals surface area contributed by atoms with Gasteiger partial charge in [0, 0.05) is 26.1 Å². The Labute approximate surface area is 209 Å². The zero-order chi connectivity index (χ0) is 25.7. The zero-order valence-electron chi connectivity index (χ0n) is 20.8. The third-order valence-electron chi connectivity index (χ3n) is 5.37. The molecule has 9 heteroatoms. The molecule has 2 aromatic rings. The molecule has 35 heavy (non-hydrogen) atoms. The summed E-state index contributed by atoms with van der Waals surface area (Å²) in [5.41, 5.74) is 1.01. The van der Waals surface area contributed by atoms with Crippen LogP contribution in [0.2, 0.25) is 0 Å². The number of methoxy groups -OCH3 is 1. The summed E-state index contributed by atoms with van der Waals surface area (Å²) < 4.78 is 35.8. The number of aliphatic hydroxyl groups excluding tert-OH is 1. The van der Waals surface area contributed by atoms with Crippen LogP contribution in [0.4, 0.5) is 0 Å². The lowest BCUT2D eigenvalue weighted by Crippen LogP contribution is -2.44. The van der Waals surface area contributed by atoms with Gasteiger partial charge in [0.15, 0.2) is 6.10 Å². The van der Waals surface area contributed by atoms with Crippen molar-refractivity contribution < 1.29 is 27.8 Å². The highest BCUT2D eigenvalue weighted by atomic mass is 32.2. The van der Waals surface area contributed by atoms with Crippen molar-refractivity contribution in [2.75, 3.05) is 31.7 Å². The number of para-hydroxylation sites is 1. The fraction of sp³-hybridized carbons (Fsp3) is 0.500. The molecule has 0 radical (unpaired) electrons. The number of amides is 1. The molecule has 0 spiro atoms. The Morgan fingerprint density at radius 1 is 0.971 bits per heavy atom. The number of sulfone groups is 1. The van der Waals surface area contributed by atoms with Gasteiger partial charge in [-0.2, -0.15) is 0 Å². The van der Waals surface area contributed by atoms with Crippen molar-refractivity contribution in [1.29, 1.82) is 0 Å². The number of hydrogen-bond acceptors (Lipinski definition) is 7. The molecule has 2 rings (SSSR count). The summed E-state index contributed by atoms with van der Waals surface area (Å²) in [7, 11) is -1.69. The summed E-state index contributed by atoms with van der Waals surface area (Å²) in [5, 5.41) is 16.1. The standard InChI is InChI=1S/C26H38N2O6S/c1-20(2)12-14-35(31,32)15-13-25(34-23-9-5-4-6-10-23)26(30)28-19-22(29)18-27-17-21-8-7-11-24(16-21)33-3/h4-11,16,20,22,25,27,29H,12-15,17-19H2,1-3H3,(H,28,30). The molecule has 0 fully saturated rings. The second-order valence-electron chi connectivity index (χ2n) is 8.92. The van der Waals surface area contributed by atoms with Gasteiger partial charge in [-0.05, 0) is 42.2 Å². The van der Waals surface area contributed by atoms with Crippen LogP contribution in [-0.2, 0) is 21.2 Å². The summed E-state index contributed by atoms with van der Waals surface area (Å²) in [4.78, 5) is 12.8. The van der Waals surface area contributed by atoms with Crippen LogP contribution in [-0.4, -0.2) is 63.3 Å². The molecule has 2 unspecified atom stereocenters. The third kappa shape index (κ3) is 11.6. The van der Waals surface area contributed by atoms with Crippen molar-refractivity contribution in [3.63, 3.8) is 0 Å². The fourth-order valence-electron chi connectivity index (χ4n) is 3.28. The summed E-state index contributed by atoms with van der Waals surface area (Å²) >= 11 is 0. The van der Waals surface area contributed by atoms with E-state index in [-0.39, 0.29) is 36.9 Å². The Balaban J connectivity index is 1.86. The van der Waals surface area contributed by atoms with Crippen molar-refractivity contribution in [3.8, 4) is 11.5 Å². The Hall–Kier alpha value is -2.62. The van der Waals surface area contributed by atoms with Gasteiger partial charge in [0.1, 0.15) is 21.3 Å². The lowest BCUT2D eigenvalue weighted by molar-refractivity contribution is -0.128. The van der Waals surface area contributed by atoms with Crippen LogP contribution in [0.1, 0.15) is 32.3 Å². The number of nitrogens with one attached hydrogen (secondary N) is 2. The Morgan fingerprint density at radius 3 is 2.34 bits per heavy atom. The van der Waals surface area contributed by atoms with Crippen LogP contribution < -0.4 is 20.1 Å². The van der Waals surface area contributed by atoms with Crippen molar-refractivity contribution in [1.82, 2.24) is 10.6 Å². The van der Waals surface area contributed by atoms with E-state index in [1.165, 1.54) is 0 Å². The van der Waals surface area contributed by atoms with Gasteiger partial charge in [-0.25, -0.2) is 8.42 Å². The molecule has 0 aliphatic rings. The van der Waals surface area contributed by atoms with E-state index in [1.807, 2.05) is 44.2 Å². The van der Waals surface area contributed by atoms with Crippen LogP contribution in [0.5, 0.6) is 11.5 Å². The van der Waals surface area contributed by atoms with E-state index in [0.717, 1.165) is 11.3 Å². The van der Waals surface area contributed by atoms with Crippen molar-refractivity contribution in [2.24, 2.45) is 5.92 Å². The molecule has 0 aliphatic heterocycles. The quantitative estimate of drug-likeness (QED) is 0.321. The van der Waals surface area contributed by atoms with Gasteiger partial charge < -0.3 is 25.2 Å². The van der Waals surface area contributed by atoms with Gasteiger partial charge >= 0.3 is 0 Å². The molecular formula is C26H38N2O6S. The van der Waals surface area contributed by atoms with Crippen LogP contribution in [0, 0.1) is 5.92 Å². The van der Waals surface area contributed by atoms with Crippen molar-refractivity contribution in [2.45, 2.75) is 45.4 Å². The van der Waals surface area contributed by atoms with E-state index in [2.05, 4.69) is 10.6 Å². The Morgan fingerprint density at radius 2 is 1.66 bits per heavy atom. The maximum absolute atomic E-state index is 12.8.